The van der Waals surface area contributed by atoms with Crippen LogP contribution >= 0.6 is 0 Å². The number of aliphatic hydroxyl groups is 1. The van der Waals surface area contributed by atoms with E-state index >= 15 is 0 Å². The van der Waals surface area contributed by atoms with Crippen LogP contribution in [0.15, 0.2) is 24.8 Å². The summed E-state index contributed by atoms with van der Waals surface area (Å²) in [5, 5.41) is 9.69. The van der Waals surface area contributed by atoms with E-state index in [4.69, 9.17) is 0 Å². The minimum atomic E-state index is -0.126. The SMILES string of the molecule is C=CCCCCCCCC[C@@H](O)C/C=C/CC. The molecular formula is C16H30O. The van der Waals surface area contributed by atoms with Gasteiger partial charge in [0.1, 0.15) is 0 Å². The first-order valence-corrected chi connectivity index (χ1v) is 7.25. The van der Waals surface area contributed by atoms with Crippen molar-refractivity contribution >= 4 is 0 Å². The predicted molar refractivity (Wildman–Crippen MR) is 77.2 cm³/mol. The lowest BCUT2D eigenvalue weighted by Crippen LogP contribution is -2.04. The van der Waals surface area contributed by atoms with Crippen LogP contribution in [0.1, 0.15) is 71.1 Å². The zero-order chi connectivity index (χ0) is 12.8. The summed E-state index contributed by atoms with van der Waals surface area (Å²) in [5.74, 6) is 0. The zero-order valence-electron chi connectivity index (χ0n) is 11.5. The second-order valence-corrected chi connectivity index (χ2v) is 4.76. The lowest BCUT2D eigenvalue weighted by molar-refractivity contribution is 0.163. The van der Waals surface area contributed by atoms with E-state index in [0.29, 0.717) is 0 Å². The van der Waals surface area contributed by atoms with Crippen molar-refractivity contribution in [2.75, 3.05) is 0 Å². The van der Waals surface area contributed by atoms with Gasteiger partial charge in [0.2, 0.25) is 0 Å². The normalized spacial score (nSPS) is 13.1. The molecule has 0 aliphatic heterocycles. The second-order valence-electron chi connectivity index (χ2n) is 4.76. The highest BCUT2D eigenvalue weighted by molar-refractivity contribution is 4.82. The van der Waals surface area contributed by atoms with Gasteiger partial charge in [0.15, 0.2) is 0 Å². The molecule has 0 bridgehead atoms. The lowest BCUT2D eigenvalue weighted by Gasteiger charge is -2.07. The van der Waals surface area contributed by atoms with Crippen molar-refractivity contribution < 1.29 is 5.11 Å². The molecule has 0 saturated heterocycles. The van der Waals surface area contributed by atoms with Crippen LogP contribution < -0.4 is 0 Å². The predicted octanol–water partition coefficient (Wildman–Crippen LogP) is 5.01. The average molecular weight is 238 g/mol. The molecule has 0 amide bonds. The van der Waals surface area contributed by atoms with Gasteiger partial charge in [-0.1, -0.05) is 57.3 Å². The minimum Gasteiger partial charge on any atom is -0.393 e. The van der Waals surface area contributed by atoms with E-state index in [9.17, 15) is 5.11 Å². The van der Waals surface area contributed by atoms with Gasteiger partial charge in [-0.05, 0) is 32.1 Å². The Morgan fingerprint density at radius 1 is 1.00 bits per heavy atom. The van der Waals surface area contributed by atoms with Crippen LogP contribution in [-0.2, 0) is 0 Å². The monoisotopic (exact) mass is 238 g/mol. The Labute approximate surface area is 108 Å². The third-order valence-electron chi connectivity index (χ3n) is 3.01. The van der Waals surface area contributed by atoms with E-state index in [1.54, 1.807) is 0 Å². The van der Waals surface area contributed by atoms with Crippen LogP contribution in [0.25, 0.3) is 0 Å². The molecule has 17 heavy (non-hydrogen) atoms. The number of aliphatic hydroxyl groups excluding tert-OH is 1. The quantitative estimate of drug-likeness (QED) is 0.374. The Kier molecular flexibility index (Phi) is 13.1. The molecule has 0 aromatic heterocycles. The summed E-state index contributed by atoms with van der Waals surface area (Å²) in [7, 11) is 0. The van der Waals surface area contributed by atoms with Gasteiger partial charge in [0.25, 0.3) is 0 Å². The molecule has 0 aromatic rings. The van der Waals surface area contributed by atoms with Gasteiger partial charge < -0.3 is 5.11 Å². The molecule has 1 nitrogen and oxygen atoms in total. The topological polar surface area (TPSA) is 20.2 Å². The summed E-state index contributed by atoms with van der Waals surface area (Å²) in [5.41, 5.74) is 0. The van der Waals surface area contributed by atoms with Crippen LogP contribution in [0.5, 0.6) is 0 Å². The summed E-state index contributed by atoms with van der Waals surface area (Å²) in [6, 6.07) is 0. The molecule has 0 aliphatic rings. The van der Waals surface area contributed by atoms with Crippen molar-refractivity contribution in [2.24, 2.45) is 0 Å². The third-order valence-corrected chi connectivity index (χ3v) is 3.01. The third kappa shape index (κ3) is 13.4. The van der Waals surface area contributed by atoms with Crippen LogP contribution in [0.2, 0.25) is 0 Å². The number of allylic oxidation sites excluding steroid dienone is 2. The average Bonchev–Trinajstić information content (AvgIpc) is 2.33. The van der Waals surface area contributed by atoms with Gasteiger partial charge >= 0.3 is 0 Å². The maximum absolute atomic E-state index is 9.69. The molecule has 0 aliphatic carbocycles. The van der Waals surface area contributed by atoms with Crippen molar-refractivity contribution in [3.05, 3.63) is 24.8 Å². The summed E-state index contributed by atoms with van der Waals surface area (Å²) < 4.78 is 0. The number of unbranched alkanes of at least 4 members (excludes halogenated alkanes) is 6. The number of hydrogen-bond acceptors (Lipinski definition) is 1. The van der Waals surface area contributed by atoms with Crippen LogP contribution in [0, 0.1) is 0 Å². The Balaban J connectivity index is 3.16. The van der Waals surface area contributed by atoms with Gasteiger partial charge in [-0.3, -0.25) is 0 Å². The molecule has 100 valence electrons. The van der Waals surface area contributed by atoms with E-state index in [2.05, 4.69) is 25.7 Å². The Bertz CT molecular complexity index is 184. The largest absolute Gasteiger partial charge is 0.393 e. The highest BCUT2D eigenvalue weighted by atomic mass is 16.3. The van der Waals surface area contributed by atoms with Crippen molar-refractivity contribution in [1.82, 2.24) is 0 Å². The van der Waals surface area contributed by atoms with Crippen molar-refractivity contribution in [1.29, 1.82) is 0 Å². The first-order chi connectivity index (χ1) is 8.31. The van der Waals surface area contributed by atoms with Gasteiger partial charge in [-0.15, -0.1) is 6.58 Å². The maximum atomic E-state index is 9.69. The fraction of sp³-hybridized carbons (Fsp3) is 0.750. The Hall–Kier alpha value is -0.560. The Morgan fingerprint density at radius 2 is 1.65 bits per heavy atom. The molecule has 0 unspecified atom stereocenters. The summed E-state index contributed by atoms with van der Waals surface area (Å²) in [6.45, 7) is 5.84. The van der Waals surface area contributed by atoms with Crippen molar-refractivity contribution in [2.45, 2.75) is 77.2 Å². The maximum Gasteiger partial charge on any atom is 0.0574 e. The van der Waals surface area contributed by atoms with E-state index in [1.807, 2.05) is 6.08 Å². The zero-order valence-corrected chi connectivity index (χ0v) is 11.5. The molecular weight excluding hydrogens is 208 g/mol. The smallest absolute Gasteiger partial charge is 0.0574 e. The highest BCUT2D eigenvalue weighted by Crippen LogP contribution is 2.11. The van der Waals surface area contributed by atoms with Gasteiger partial charge in [-0.2, -0.15) is 0 Å². The summed E-state index contributed by atoms with van der Waals surface area (Å²) in [6.07, 6.45) is 17.8. The fourth-order valence-corrected chi connectivity index (χ4v) is 1.91. The molecule has 0 aromatic carbocycles. The molecule has 1 N–H and O–H groups in total. The standard InChI is InChI=1S/C16H30O/c1-3-5-7-8-9-10-11-13-15-16(17)14-12-6-4-2/h3,6,12,16-17H,1,4-5,7-11,13-15H2,2H3/b12-6+/t16-/m0/s1. The molecule has 0 spiro atoms. The molecule has 0 heterocycles. The number of hydrogen-bond donors (Lipinski definition) is 1. The summed E-state index contributed by atoms with van der Waals surface area (Å²) in [4.78, 5) is 0. The number of rotatable bonds is 12. The highest BCUT2D eigenvalue weighted by Gasteiger charge is 2.00. The fourth-order valence-electron chi connectivity index (χ4n) is 1.91. The van der Waals surface area contributed by atoms with E-state index in [0.717, 1.165) is 25.7 Å². The van der Waals surface area contributed by atoms with Gasteiger partial charge in [0, 0.05) is 0 Å². The van der Waals surface area contributed by atoms with Crippen LogP contribution in [0.4, 0.5) is 0 Å². The summed E-state index contributed by atoms with van der Waals surface area (Å²) >= 11 is 0. The molecule has 0 saturated carbocycles. The van der Waals surface area contributed by atoms with Gasteiger partial charge in [0.05, 0.1) is 6.10 Å². The first kappa shape index (κ1) is 16.4. The first-order valence-electron chi connectivity index (χ1n) is 7.25. The molecule has 0 fully saturated rings. The molecule has 0 radical (unpaired) electrons. The molecule has 0 rings (SSSR count). The lowest BCUT2D eigenvalue weighted by atomic mass is 10.0. The van der Waals surface area contributed by atoms with Gasteiger partial charge in [-0.25, -0.2) is 0 Å². The van der Waals surface area contributed by atoms with Crippen molar-refractivity contribution in [3.8, 4) is 0 Å². The van der Waals surface area contributed by atoms with Crippen molar-refractivity contribution in [3.63, 3.8) is 0 Å². The second kappa shape index (κ2) is 13.5. The molecule has 1 heteroatoms. The van der Waals surface area contributed by atoms with Crippen LogP contribution in [-0.4, -0.2) is 11.2 Å². The van der Waals surface area contributed by atoms with E-state index in [1.165, 1.54) is 38.5 Å². The molecule has 1 atom stereocenters. The minimum absolute atomic E-state index is 0.126. The Morgan fingerprint density at radius 3 is 2.29 bits per heavy atom. The van der Waals surface area contributed by atoms with E-state index in [-0.39, 0.29) is 6.10 Å². The van der Waals surface area contributed by atoms with E-state index < -0.39 is 0 Å². The van der Waals surface area contributed by atoms with Crippen LogP contribution in [0.3, 0.4) is 0 Å².